The molecule has 0 aromatic carbocycles. The molecule has 0 aromatic rings. The van der Waals surface area contributed by atoms with E-state index in [1.54, 1.807) is 12.0 Å². The number of aliphatic hydroxyl groups excluding tert-OH is 11. The van der Waals surface area contributed by atoms with Crippen LogP contribution >= 0.6 is 0 Å². The molecule has 62 heavy (non-hydrogen) atoms. The minimum Gasteiger partial charge on any atom is -0.396 e. The molecule has 0 spiro atoms. The molecule has 1 rings (SSSR count). The number of nitrogens with one attached hydrogen (secondary N) is 3. The van der Waals surface area contributed by atoms with Gasteiger partial charge in [0.2, 0.25) is 23.6 Å². The average molecular weight is 901 g/mol. The molecule has 0 bridgehead atoms. The lowest BCUT2D eigenvalue weighted by atomic mass is 10.1. The van der Waals surface area contributed by atoms with E-state index in [9.17, 15) is 65.1 Å². The van der Waals surface area contributed by atoms with Gasteiger partial charge in [0.25, 0.3) is 0 Å². The Morgan fingerprint density at radius 1 is 0.613 bits per heavy atom. The smallest absolute Gasteiger partial charge is 0.242 e. The highest BCUT2D eigenvalue weighted by Crippen LogP contribution is 2.21. The lowest BCUT2D eigenvalue weighted by Crippen LogP contribution is -2.47. The molecule has 1 fully saturated rings. The number of ether oxygens (including phenoxy) is 3. The number of carbonyl (C=O) groups excluding carboxylic acids is 4. The molecule has 4 amide bonds. The van der Waals surface area contributed by atoms with Crippen LogP contribution in [0.15, 0.2) is 0 Å². The molecule has 0 aliphatic carbocycles. The highest BCUT2D eigenvalue weighted by molar-refractivity contribution is 5.87. The number of aliphatic hydroxyl groups is 11. The quantitative estimate of drug-likeness (QED) is 0.0209. The molecule has 14 N–H and O–H groups in total. The maximum Gasteiger partial charge on any atom is 0.242 e. The Balaban J connectivity index is 2.52. The molecule has 1 aliphatic heterocycles. The molecule has 0 radical (unpaired) electrons. The van der Waals surface area contributed by atoms with Gasteiger partial charge in [-0.1, -0.05) is 6.42 Å². The zero-order valence-corrected chi connectivity index (χ0v) is 36.0. The van der Waals surface area contributed by atoms with Gasteiger partial charge in [-0.3, -0.25) is 19.2 Å². The van der Waals surface area contributed by atoms with Crippen LogP contribution in [0.2, 0.25) is 0 Å². The Bertz CT molecular complexity index is 1230. The summed E-state index contributed by atoms with van der Waals surface area (Å²) in [7, 11) is 1.57. The van der Waals surface area contributed by atoms with Crippen LogP contribution in [0.4, 0.5) is 0 Å². The first-order valence-corrected chi connectivity index (χ1v) is 21.8. The van der Waals surface area contributed by atoms with Crippen molar-refractivity contribution in [3.05, 3.63) is 0 Å². The maximum absolute atomic E-state index is 13.2. The number of hydrogen-bond acceptors (Lipinski definition) is 18. The van der Waals surface area contributed by atoms with E-state index >= 15 is 0 Å². The normalized spacial score (nSPS) is 19.8. The van der Waals surface area contributed by atoms with Gasteiger partial charge in [-0.15, -0.1) is 0 Å². The molecule has 1 saturated heterocycles. The van der Waals surface area contributed by atoms with E-state index in [1.807, 2.05) is 0 Å². The Morgan fingerprint density at radius 3 is 1.66 bits per heavy atom. The van der Waals surface area contributed by atoms with Gasteiger partial charge in [-0.05, 0) is 77.0 Å². The van der Waals surface area contributed by atoms with Crippen LogP contribution in [0.25, 0.3) is 0 Å². The molecule has 1 aliphatic rings. The van der Waals surface area contributed by atoms with Crippen molar-refractivity contribution < 1.29 is 89.6 Å². The SMILES string of the molecule is CO[C@@H]1C[C@@H](CO)N(C(=O)CCCCCNC(=O)[C@@H](CCCCNC(=O)CCCCOC(O)C(O)C(O)C(O)CCO)NC(=O)CCCCOC(O)C(O)C(O)C(O)CCO)C1. The van der Waals surface area contributed by atoms with Crippen LogP contribution in [0.1, 0.15) is 103 Å². The van der Waals surface area contributed by atoms with Crippen molar-refractivity contribution in [3.8, 4) is 0 Å². The molecular formula is C40H76N4O18. The molecular weight excluding hydrogens is 824 g/mol. The number of rotatable bonds is 37. The van der Waals surface area contributed by atoms with Crippen molar-refractivity contribution in [2.45, 2.75) is 170 Å². The third-order valence-corrected chi connectivity index (χ3v) is 10.6. The number of methoxy groups -OCH3 is 1. The fraction of sp³-hybridized carbons (Fsp3) is 0.900. The molecule has 22 nitrogen and oxygen atoms in total. The van der Waals surface area contributed by atoms with Crippen molar-refractivity contribution in [1.82, 2.24) is 20.9 Å². The van der Waals surface area contributed by atoms with Crippen LogP contribution in [0.5, 0.6) is 0 Å². The average Bonchev–Trinajstić information content (AvgIpc) is 3.69. The first-order chi connectivity index (χ1) is 29.6. The second-order valence-electron chi connectivity index (χ2n) is 15.6. The zero-order valence-electron chi connectivity index (χ0n) is 36.0. The summed E-state index contributed by atoms with van der Waals surface area (Å²) in [6.07, 6.45) is -8.74. The van der Waals surface area contributed by atoms with Crippen molar-refractivity contribution in [3.63, 3.8) is 0 Å². The lowest BCUT2D eigenvalue weighted by Gasteiger charge is -2.26. The zero-order chi connectivity index (χ0) is 46.5. The van der Waals surface area contributed by atoms with Crippen molar-refractivity contribution in [1.29, 1.82) is 0 Å². The van der Waals surface area contributed by atoms with E-state index in [0.29, 0.717) is 83.8 Å². The fourth-order valence-corrected chi connectivity index (χ4v) is 6.68. The number of likely N-dealkylation sites (tertiary alicyclic amines) is 1. The largest absolute Gasteiger partial charge is 0.396 e. The van der Waals surface area contributed by atoms with E-state index in [2.05, 4.69) is 16.0 Å². The number of amides is 4. The van der Waals surface area contributed by atoms with E-state index in [0.717, 1.165) is 0 Å². The van der Waals surface area contributed by atoms with E-state index in [-0.39, 0.29) is 82.3 Å². The molecule has 11 atom stereocenters. The predicted molar refractivity (Wildman–Crippen MR) is 219 cm³/mol. The van der Waals surface area contributed by atoms with Gasteiger partial charge < -0.3 is 91.2 Å². The Morgan fingerprint density at radius 2 is 1.13 bits per heavy atom. The van der Waals surface area contributed by atoms with E-state index in [1.165, 1.54) is 0 Å². The van der Waals surface area contributed by atoms with Crippen molar-refractivity contribution in [2.75, 3.05) is 59.8 Å². The molecule has 0 aromatic heterocycles. The molecule has 0 saturated carbocycles. The Labute approximate surface area is 363 Å². The van der Waals surface area contributed by atoms with Gasteiger partial charge in [0.1, 0.15) is 30.5 Å². The van der Waals surface area contributed by atoms with Crippen LogP contribution in [-0.2, 0) is 33.4 Å². The summed E-state index contributed by atoms with van der Waals surface area (Å²) in [5.41, 5.74) is 0. The van der Waals surface area contributed by atoms with Crippen molar-refractivity contribution >= 4 is 23.6 Å². The predicted octanol–water partition coefficient (Wildman–Crippen LogP) is -4.02. The monoisotopic (exact) mass is 901 g/mol. The number of hydrogen-bond donors (Lipinski definition) is 14. The molecule has 1 heterocycles. The van der Waals surface area contributed by atoms with Gasteiger partial charge in [0, 0.05) is 72.4 Å². The van der Waals surface area contributed by atoms with Crippen LogP contribution in [-0.4, -0.2) is 212 Å². The Hall–Kier alpha value is -2.68. The first-order valence-electron chi connectivity index (χ1n) is 21.8. The summed E-state index contributed by atoms with van der Waals surface area (Å²) < 4.78 is 15.5. The van der Waals surface area contributed by atoms with Crippen LogP contribution < -0.4 is 16.0 Å². The second kappa shape index (κ2) is 33.8. The minimum absolute atomic E-state index is 0.00723. The summed E-state index contributed by atoms with van der Waals surface area (Å²) in [6.45, 7) is -0.0641. The summed E-state index contributed by atoms with van der Waals surface area (Å²) in [4.78, 5) is 52.8. The Kier molecular flexibility index (Phi) is 31.2. The van der Waals surface area contributed by atoms with Crippen LogP contribution in [0, 0.1) is 0 Å². The summed E-state index contributed by atoms with van der Waals surface area (Å²) in [5.74, 6) is -1.12. The lowest BCUT2D eigenvalue weighted by molar-refractivity contribution is -0.203. The van der Waals surface area contributed by atoms with Gasteiger partial charge in [0.05, 0.1) is 31.0 Å². The highest BCUT2D eigenvalue weighted by atomic mass is 16.6. The summed E-state index contributed by atoms with van der Waals surface area (Å²) in [5, 5.41) is 115. The first kappa shape index (κ1) is 57.3. The van der Waals surface area contributed by atoms with Gasteiger partial charge in [0.15, 0.2) is 12.6 Å². The maximum atomic E-state index is 13.2. The second-order valence-corrected chi connectivity index (χ2v) is 15.6. The standard InChI is InChI=1S/C40H76N4O18/c1-60-27-23-26(25-47)44(24-27)33(52)14-3-2-7-18-42-38(57)28(43-32(51)13-6-10-22-62-40(59)37(56)35(54)30(49)16-20-46)11-4-8-17-41-31(50)12-5-9-21-61-39(58)36(55)34(53)29(48)15-19-45/h26-30,34-37,39-40,45-49,53-56,58-59H,2-25H2,1H3,(H,41,50)(H,42,57)(H,43,51)/t26-,27+,28+,29?,30?,34?,35?,36?,37?,39?,40?/m0/s1. The van der Waals surface area contributed by atoms with E-state index < -0.39 is 80.3 Å². The minimum atomic E-state index is -1.83. The number of nitrogens with zero attached hydrogens (tertiary/aromatic N) is 1. The van der Waals surface area contributed by atoms with Crippen molar-refractivity contribution in [2.24, 2.45) is 0 Å². The topological polar surface area (TPSA) is 358 Å². The third-order valence-electron chi connectivity index (χ3n) is 10.6. The van der Waals surface area contributed by atoms with E-state index in [4.69, 9.17) is 24.4 Å². The molecule has 364 valence electrons. The highest BCUT2D eigenvalue weighted by Gasteiger charge is 2.35. The number of unbranched alkanes of at least 4 members (excludes halogenated alkanes) is 5. The van der Waals surface area contributed by atoms with Gasteiger partial charge in [-0.25, -0.2) is 0 Å². The summed E-state index contributed by atoms with van der Waals surface area (Å²) in [6, 6.07) is -1.15. The number of carbonyl (C=O) groups is 4. The van der Waals surface area contributed by atoms with Crippen LogP contribution in [0.3, 0.4) is 0 Å². The third kappa shape index (κ3) is 23.3. The molecule has 8 unspecified atom stereocenters. The summed E-state index contributed by atoms with van der Waals surface area (Å²) >= 11 is 0. The fourth-order valence-electron chi connectivity index (χ4n) is 6.68. The van der Waals surface area contributed by atoms with Gasteiger partial charge >= 0.3 is 0 Å². The molecule has 22 heteroatoms. The van der Waals surface area contributed by atoms with Gasteiger partial charge in [-0.2, -0.15) is 0 Å².